The molecule has 3 aromatic rings. The van der Waals surface area contributed by atoms with Gasteiger partial charge in [0.15, 0.2) is 0 Å². The molecular weight excluding hydrogens is 334 g/mol. The van der Waals surface area contributed by atoms with E-state index < -0.39 is 0 Å². The molecule has 5 nitrogen and oxygen atoms in total. The summed E-state index contributed by atoms with van der Waals surface area (Å²) >= 11 is 5.30. The van der Waals surface area contributed by atoms with Crippen LogP contribution < -0.4 is 4.74 Å². The SMILES string of the molecule is COc1ccc(Cc2nn(CN(C)Cc3ccccc3)c(=S)o2)cc1. The number of rotatable bonds is 7. The van der Waals surface area contributed by atoms with Crippen molar-refractivity contribution in [2.24, 2.45) is 0 Å². The molecule has 2 aromatic carbocycles. The molecule has 0 N–H and O–H groups in total. The molecule has 0 radical (unpaired) electrons. The second kappa shape index (κ2) is 8.09. The van der Waals surface area contributed by atoms with Crippen molar-refractivity contribution >= 4 is 12.2 Å². The number of nitrogens with zero attached hydrogens (tertiary/aromatic N) is 3. The Morgan fingerprint density at radius 2 is 1.80 bits per heavy atom. The van der Waals surface area contributed by atoms with Crippen LogP contribution in [0.4, 0.5) is 0 Å². The van der Waals surface area contributed by atoms with Crippen LogP contribution in [0.1, 0.15) is 17.0 Å². The Bertz CT molecular complexity index is 856. The number of ether oxygens (including phenoxy) is 1. The molecule has 0 saturated carbocycles. The zero-order valence-corrected chi connectivity index (χ0v) is 15.2. The van der Waals surface area contributed by atoms with Crippen molar-refractivity contribution in [2.75, 3.05) is 14.2 Å². The van der Waals surface area contributed by atoms with Gasteiger partial charge in [0.05, 0.1) is 20.2 Å². The highest BCUT2D eigenvalue weighted by atomic mass is 32.1. The van der Waals surface area contributed by atoms with E-state index in [2.05, 4.69) is 22.1 Å². The first-order valence-electron chi connectivity index (χ1n) is 8.06. The van der Waals surface area contributed by atoms with Gasteiger partial charge in [0, 0.05) is 6.54 Å². The fourth-order valence-corrected chi connectivity index (χ4v) is 2.80. The highest BCUT2D eigenvalue weighted by Crippen LogP contribution is 2.14. The second-order valence-electron chi connectivity index (χ2n) is 5.93. The van der Waals surface area contributed by atoms with Crippen LogP contribution >= 0.6 is 12.2 Å². The molecule has 0 fully saturated rings. The molecule has 1 aromatic heterocycles. The molecular formula is C19H21N3O2S. The fraction of sp³-hybridized carbons (Fsp3) is 0.263. The number of aromatic nitrogens is 2. The summed E-state index contributed by atoms with van der Waals surface area (Å²) in [5.74, 6) is 1.45. The first-order chi connectivity index (χ1) is 12.1. The van der Waals surface area contributed by atoms with Crippen molar-refractivity contribution in [2.45, 2.75) is 19.6 Å². The minimum absolute atomic E-state index is 0.392. The zero-order valence-electron chi connectivity index (χ0n) is 14.4. The standard InChI is InChI=1S/C19H21N3O2S/c1-21(13-16-6-4-3-5-7-16)14-22-19(25)24-18(20-22)12-15-8-10-17(23-2)11-9-15/h3-11H,12-14H2,1-2H3. The van der Waals surface area contributed by atoms with Crippen molar-refractivity contribution in [1.82, 2.24) is 14.7 Å². The fourth-order valence-electron chi connectivity index (χ4n) is 2.60. The van der Waals surface area contributed by atoms with Gasteiger partial charge in [-0.05, 0) is 42.5 Å². The Morgan fingerprint density at radius 3 is 2.48 bits per heavy atom. The zero-order chi connectivity index (χ0) is 17.6. The summed E-state index contributed by atoms with van der Waals surface area (Å²) in [7, 11) is 3.69. The molecule has 0 saturated heterocycles. The quantitative estimate of drug-likeness (QED) is 0.602. The largest absolute Gasteiger partial charge is 0.497 e. The van der Waals surface area contributed by atoms with E-state index >= 15 is 0 Å². The maximum atomic E-state index is 5.63. The summed E-state index contributed by atoms with van der Waals surface area (Å²) in [6.07, 6.45) is 0.600. The Kier molecular flexibility index (Phi) is 5.63. The molecule has 1 heterocycles. The van der Waals surface area contributed by atoms with Crippen molar-refractivity contribution in [1.29, 1.82) is 0 Å². The van der Waals surface area contributed by atoms with Crippen LogP contribution in [0.5, 0.6) is 5.75 Å². The molecule has 6 heteroatoms. The third-order valence-corrected chi connectivity index (χ3v) is 4.13. The minimum atomic E-state index is 0.392. The van der Waals surface area contributed by atoms with E-state index in [0.717, 1.165) is 17.9 Å². The van der Waals surface area contributed by atoms with Crippen LogP contribution in [0.15, 0.2) is 59.0 Å². The molecule has 0 bridgehead atoms. The predicted molar refractivity (Wildman–Crippen MR) is 99.0 cm³/mol. The summed E-state index contributed by atoms with van der Waals surface area (Å²) in [5.41, 5.74) is 2.35. The van der Waals surface area contributed by atoms with E-state index in [0.29, 0.717) is 23.8 Å². The minimum Gasteiger partial charge on any atom is -0.497 e. The normalized spacial score (nSPS) is 11.0. The number of methoxy groups -OCH3 is 1. The highest BCUT2D eigenvalue weighted by Gasteiger charge is 2.09. The first-order valence-corrected chi connectivity index (χ1v) is 8.47. The van der Waals surface area contributed by atoms with Crippen LogP contribution in [0.3, 0.4) is 0 Å². The number of benzene rings is 2. The van der Waals surface area contributed by atoms with Gasteiger partial charge >= 0.3 is 0 Å². The molecule has 25 heavy (non-hydrogen) atoms. The van der Waals surface area contributed by atoms with Gasteiger partial charge < -0.3 is 9.15 Å². The lowest BCUT2D eigenvalue weighted by Gasteiger charge is -2.15. The topological polar surface area (TPSA) is 43.4 Å². The second-order valence-corrected chi connectivity index (χ2v) is 6.28. The van der Waals surface area contributed by atoms with Crippen LogP contribution in [-0.2, 0) is 19.6 Å². The predicted octanol–water partition coefficient (Wildman–Crippen LogP) is 3.89. The molecule has 0 atom stereocenters. The highest BCUT2D eigenvalue weighted by molar-refractivity contribution is 7.71. The van der Waals surface area contributed by atoms with Crippen LogP contribution in [0.25, 0.3) is 0 Å². The van der Waals surface area contributed by atoms with E-state index in [4.69, 9.17) is 21.4 Å². The Hall–Kier alpha value is -2.44. The average molecular weight is 355 g/mol. The average Bonchev–Trinajstić information content (AvgIpc) is 2.95. The lowest BCUT2D eigenvalue weighted by molar-refractivity contribution is 0.240. The molecule has 3 rings (SSSR count). The maximum absolute atomic E-state index is 5.63. The smallest absolute Gasteiger partial charge is 0.288 e. The number of hydrogen-bond donors (Lipinski definition) is 0. The summed E-state index contributed by atoms with van der Waals surface area (Å²) < 4.78 is 12.5. The van der Waals surface area contributed by atoms with Gasteiger partial charge in [0.2, 0.25) is 5.89 Å². The van der Waals surface area contributed by atoms with Gasteiger partial charge in [-0.15, -0.1) is 5.10 Å². The van der Waals surface area contributed by atoms with E-state index in [1.54, 1.807) is 11.8 Å². The van der Waals surface area contributed by atoms with Crippen LogP contribution in [0, 0.1) is 4.84 Å². The van der Waals surface area contributed by atoms with Crippen molar-refractivity contribution in [3.63, 3.8) is 0 Å². The lowest BCUT2D eigenvalue weighted by Crippen LogP contribution is -2.22. The molecule has 0 aliphatic heterocycles. The Morgan fingerprint density at radius 1 is 1.08 bits per heavy atom. The van der Waals surface area contributed by atoms with Gasteiger partial charge in [-0.25, -0.2) is 4.68 Å². The van der Waals surface area contributed by atoms with Gasteiger partial charge in [-0.3, -0.25) is 4.90 Å². The molecule has 0 aliphatic rings. The summed E-state index contributed by atoms with van der Waals surface area (Å²) in [6, 6.07) is 18.2. The van der Waals surface area contributed by atoms with E-state index in [9.17, 15) is 0 Å². The van der Waals surface area contributed by atoms with Gasteiger partial charge in [-0.2, -0.15) is 0 Å². The van der Waals surface area contributed by atoms with Crippen molar-refractivity contribution < 1.29 is 9.15 Å². The van der Waals surface area contributed by atoms with E-state index in [-0.39, 0.29) is 0 Å². The lowest BCUT2D eigenvalue weighted by atomic mass is 10.1. The number of hydrogen-bond acceptors (Lipinski definition) is 5. The monoisotopic (exact) mass is 355 g/mol. The third kappa shape index (κ3) is 4.78. The molecule has 0 amide bonds. The summed E-state index contributed by atoms with van der Waals surface area (Å²) in [4.78, 5) is 2.54. The van der Waals surface area contributed by atoms with E-state index in [1.165, 1.54) is 5.56 Å². The molecule has 0 spiro atoms. The Labute approximate surface area is 152 Å². The van der Waals surface area contributed by atoms with Crippen molar-refractivity contribution in [3.05, 3.63) is 76.5 Å². The third-order valence-electron chi connectivity index (χ3n) is 3.83. The van der Waals surface area contributed by atoms with Gasteiger partial charge in [0.1, 0.15) is 5.75 Å². The van der Waals surface area contributed by atoms with Crippen LogP contribution in [0.2, 0.25) is 0 Å². The maximum Gasteiger partial charge on any atom is 0.288 e. The van der Waals surface area contributed by atoms with E-state index in [1.807, 2.05) is 49.5 Å². The molecule has 130 valence electrons. The molecule has 0 unspecified atom stereocenters. The van der Waals surface area contributed by atoms with Crippen molar-refractivity contribution in [3.8, 4) is 5.75 Å². The Balaban J connectivity index is 1.64. The summed E-state index contributed by atoms with van der Waals surface area (Å²) in [5, 5.41) is 4.50. The first kappa shape index (κ1) is 17.4. The van der Waals surface area contributed by atoms with Crippen LogP contribution in [-0.4, -0.2) is 28.8 Å². The van der Waals surface area contributed by atoms with Gasteiger partial charge in [-0.1, -0.05) is 42.5 Å². The summed E-state index contributed by atoms with van der Waals surface area (Å²) in [6.45, 7) is 1.41. The molecule has 0 aliphatic carbocycles. The van der Waals surface area contributed by atoms with Gasteiger partial charge in [0.25, 0.3) is 4.84 Å².